The van der Waals surface area contributed by atoms with Gasteiger partial charge < -0.3 is 20.1 Å². The molecule has 0 unspecified atom stereocenters. The summed E-state index contributed by atoms with van der Waals surface area (Å²) in [5.74, 6) is 0.561. The molecule has 2 aliphatic rings. The van der Waals surface area contributed by atoms with Crippen LogP contribution in [0.5, 0.6) is 0 Å². The van der Waals surface area contributed by atoms with Gasteiger partial charge in [0.15, 0.2) is 0 Å². The molecular formula is C19H29N3O3. The second-order valence-electron chi connectivity index (χ2n) is 6.85. The first-order chi connectivity index (χ1) is 12.2. The molecule has 138 valence electrons. The highest BCUT2D eigenvalue weighted by molar-refractivity contribution is 5.88. The molecule has 2 saturated heterocycles. The third kappa shape index (κ3) is 5.51. The zero-order valence-corrected chi connectivity index (χ0v) is 15.0. The number of benzene rings is 1. The topological polar surface area (TPSA) is 62.8 Å². The van der Waals surface area contributed by atoms with E-state index in [1.807, 2.05) is 12.1 Å². The highest BCUT2D eigenvalue weighted by Crippen LogP contribution is 2.22. The van der Waals surface area contributed by atoms with E-state index < -0.39 is 0 Å². The Morgan fingerprint density at radius 2 is 1.96 bits per heavy atom. The van der Waals surface area contributed by atoms with Crippen molar-refractivity contribution in [1.82, 2.24) is 10.2 Å². The molecule has 0 bridgehead atoms. The third-order valence-electron chi connectivity index (χ3n) is 4.98. The molecule has 2 fully saturated rings. The Labute approximate surface area is 149 Å². The van der Waals surface area contributed by atoms with Gasteiger partial charge in [-0.2, -0.15) is 0 Å². The van der Waals surface area contributed by atoms with Crippen LogP contribution < -0.4 is 10.6 Å². The molecule has 6 nitrogen and oxygen atoms in total. The van der Waals surface area contributed by atoms with Gasteiger partial charge in [-0.15, -0.1) is 0 Å². The zero-order chi connectivity index (χ0) is 17.5. The largest absolute Gasteiger partial charge is 0.381 e. The molecule has 2 atom stereocenters. The maximum Gasteiger partial charge on any atom is 0.221 e. The van der Waals surface area contributed by atoms with Gasteiger partial charge in [0.1, 0.15) is 0 Å². The maximum atomic E-state index is 11.1. The van der Waals surface area contributed by atoms with Crippen LogP contribution in [0.4, 0.5) is 5.69 Å². The Kier molecular flexibility index (Phi) is 6.81. The van der Waals surface area contributed by atoms with Gasteiger partial charge in [0.2, 0.25) is 5.91 Å². The van der Waals surface area contributed by atoms with Gasteiger partial charge in [0.25, 0.3) is 0 Å². The van der Waals surface area contributed by atoms with Crippen molar-refractivity contribution < 1.29 is 14.3 Å². The third-order valence-corrected chi connectivity index (χ3v) is 4.98. The number of carbonyl (C=O) groups excluding carboxylic acids is 1. The second kappa shape index (κ2) is 9.29. The van der Waals surface area contributed by atoms with Crippen LogP contribution >= 0.6 is 0 Å². The lowest BCUT2D eigenvalue weighted by Gasteiger charge is -2.37. The van der Waals surface area contributed by atoms with Gasteiger partial charge in [-0.25, -0.2) is 0 Å². The molecule has 3 rings (SSSR count). The molecule has 1 aromatic carbocycles. The van der Waals surface area contributed by atoms with E-state index in [-0.39, 0.29) is 5.91 Å². The van der Waals surface area contributed by atoms with Crippen LogP contribution in [0.2, 0.25) is 0 Å². The molecule has 1 aromatic rings. The number of carbonyl (C=O) groups is 1. The molecule has 0 aliphatic carbocycles. The van der Waals surface area contributed by atoms with Crippen molar-refractivity contribution in [3.05, 3.63) is 29.8 Å². The van der Waals surface area contributed by atoms with Crippen LogP contribution in [0.3, 0.4) is 0 Å². The van der Waals surface area contributed by atoms with E-state index in [0.717, 1.165) is 64.7 Å². The summed E-state index contributed by atoms with van der Waals surface area (Å²) in [4.78, 5) is 13.6. The molecule has 2 N–H and O–H groups in total. The first kappa shape index (κ1) is 18.3. The Morgan fingerprint density at radius 1 is 1.20 bits per heavy atom. The van der Waals surface area contributed by atoms with E-state index in [4.69, 9.17) is 9.47 Å². The molecule has 0 aromatic heterocycles. The van der Waals surface area contributed by atoms with Crippen LogP contribution in [-0.4, -0.2) is 62.9 Å². The predicted molar refractivity (Wildman–Crippen MR) is 97.6 cm³/mol. The minimum Gasteiger partial charge on any atom is -0.381 e. The number of morpholine rings is 1. The Bertz CT molecular complexity index is 537. The summed E-state index contributed by atoms with van der Waals surface area (Å²) in [5, 5.41) is 6.41. The van der Waals surface area contributed by atoms with Gasteiger partial charge >= 0.3 is 0 Å². The summed E-state index contributed by atoms with van der Waals surface area (Å²) >= 11 is 0. The van der Waals surface area contributed by atoms with Crippen LogP contribution in [0.25, 0.3) is 0 Å². The first-order valence-electron chi connectivity index (χ1n) is 9.19. The number of hydrogen-bond donors (Lipinski definition) is 2. The number of nitrogens with one attached hydrogen (secondary N) is 2. The molecular weight excluding hydrogens is 318 g/mol. The van der Waals surface area contributed by atoms with Crippen molar-refractivity contribution in [1.29, 1.82) is 0 Å². The fourth-order valence-electron chi connectivity index (χ4n) is 3.63. The average molecular weight is 347 g/mol. The summed E-state index contributed by atoms with van der Waals surface area (Å²) in [6, 6.07) is 8.51. The smallest absolute Gasteiger partial charge is 0.221 e. The van der Waals surface area contributed by atoms with Crippen LogP contribution in [0.15, 0.2) is 24.3 Å². The van der Waals surface area contributed by atoms with Crippen molar-refractivity contribution in [2.24, 2.45) is 5.92 Å². The number of hydrogen-bond acceptors (Lipinski definition) is 5. The number of amides is 1. The molecule has 25 heavy (non-hydrogen) atoms. The number of rotatable bonds is 7. The number of anilines is 1. The quantitative estimate of drug-likeness (QED) is 0.782. The lowest BCUT2D eigenvalue weighted by Crippen LogP contribution is -2.51. The predicted octanol–water partition coefficient (Wildman–Crippen LogP) is 1.47. The normalized spacial score (nSPS) is 22.7. The molecule has 6 heteroatoms. The summed E-state index contributed by atoms with van der Waals surface area (Å²) in [5.41, 5.74) is 2.06. The Hall–Kier alpha value is -1.47. The van der Waals surface area contributed by atoms with Crippen molar-refractivity contribution in [2.45, 2.75) is 25.9 Å². The lowest BCUT2D eigenvalue weighted by molar-refractivity contribution is -0.114. The minimum absolute atomic E-state index is 0.0435. The number of ether oxygens (including phenoxy) is 2. The van der Waals surface area contributed by atoms with Gasteiger partial charge in [0, 0.05) is 57.4 Å². The standard InChI is InChI=1S/C19H29N3O3/c1-15(23)21-18-4-2-16(3-5-18)12-20-13-19(17-6-9-25-14-17)22-7-10-24-11-8-22/h2-5,17,19-20H,6-14H2,1H3,(H,21,23)/t17-,19+/m1/s1. The van der Waals surface area contributed by atoms with Gasteiger partial charge in [-0.05, 0) is 24.1 Å². The Balaban J connectivity index is 1.51. The van der Waals surface area contributed by atoms with E-state index >= 15 is 0 Å². The SMILES string of the molecule is CC(=O)Nc1ccc(CNC[C@@H]([C@@H]2CCOC2)N2CCOCC2)cc1. The molecule has 1 amide bonds. The fourth-order valence-corrected chi connectivity index (χ4v) is 3.63. The zero-order valence-electron chi connectivity index (χ0n) is 15.0. The fraction of sp³-hybridized carbons (Fsp3) is 0.632. The highest BCUT2D eigenvalue weighted by Gasteiger charge is 2.31. The molecule has 0 radical (unpaired) electrons. The first-order valence-corrected chi connectivity index (χ1v) is 9.19. The summed E-state index contributed by atoms with van der Waals surface area (Å²) in [6.07, 6.45) is 1.15. The summed E-state index contributed by atoms with van der Waals surface area (Å²) in [7, 11) is 0. The minimum atomic E-state index is -0.0435. The van der Waals surface area contributed by atoms with Crippen LogP contribution in [0.1, 0.15) is 18.9 Å². The van der Waals surface area contributed by atoms with E-state index in [1.54, 1.807) is 0 Å². The molecule has 0 saturated carbocycles. The maximum absolute atomic E-state index is 11.1. The number of nitrogens with zero attached hydrogens (tertiary/aromatic N) is 1. The van der Waals surface area contributed by atoms with E-state index in [9.17, 15) is 4.79 Å². The van der Waals surface area contributed by atoms with Gasteiger partial charge in [-0.3, -0.25) is 9.69 Å². The molecule has 0 spiro atoms. The van der Waals surface area contributed by atoms with Crippen LogP contribution in [-0.2, 0) is 20.8 Å². The van der Waals surface area contributed by atoms with Crippen molar-refractivity contribution in [2.75, 3.05) is 51.4 Å². The van der Waals surface area contributed by atoms with Gasteiger partial charge in [-0.1, -0.05) is 12.1 Å². The van der Waals surface area contributed by atoms with Gasteiger partial charge in [0.05, 0.1) is 19.8 Å². The average Bonchev–Trinajstić information content (AvgIpc) is 3.15. The molecule has 2 heterocycles. The van der Waals surface area contributed by atoms with Crippen molar-refractivity contribution >= 4 is 11.6 Å². The lowest BCUT2D eigenvalue weighted by atomic mass is 9.96. The van der Waals surface area contributed by atoms with E-state index in [2.05, 4.69) is 27.7 Å². The second-order valence-corrected chi connectivity index (χ2v) is 6.85. The van der Waals surface area contributed by atoms with Crippen LogP contribution in [0, 0.1) is 5.92 Å². The van der Waals surface area contributed by atoms with E-state index in [0.29, 0.717) is 12.0 Å². The van der Waals surface area contributed by atoms with Crippen molar-refractivity contribution in [3.8, 4) is 0 Å². The summed E-state index contributed by atoms with van der Waals surface area (Å²) < 4.78 is 11.1. The monoisotopic (exact) mass is 347 g/mol. The van der Waals surface area contributed by atoms with Crippen molar-refractivity contribution in [3.63, 3.8) is 0 Å². The highest BCUT2D eigenvalue weighted by atomic mass is 16.5. The van der Waals surface area contributed by atoms with E-state index in [1.165, 1.54) is 12.5 Å². The summed E-state index contributed by atoms with van der Waals surface area (Å²) in [6.45, 7) is 8.74. The Morgan fingerprint density at radius 3 is 2.60 bits per heavy atom. The molecule has 2 aliphatic heterocycles.